The molecule has 0 unspecified atom stereocenters. The standard InChI is InChI=1S/C39H47NO9S2/c1-28-13-19-34(20-14-28)51(43,44)49-50(35-12-10-11-29(25-35)40(8)9,32-21-15-30(16-22-32)45-26-36(41)47-38(2,3)4)33-23-17-31(18-24-33)46-27-37(42)48-39(5,6)7/h10-25H,26-27H2,1-9H3. The van der Waals surface area contributed by atoms with Gasteiger partial charge in [0.1, 0.15) is 22.7 Å². The molecule has 4 aromatic rings. The molecule has 0 aliphatic carbocycles. The maximum absolute atomic E-state index is 14.3. The van der Waals surface area contributed by atoms with E-state index in [1.807, 2.05) is 50.2 Å². The topological polar surface area (TPSA) is 118 Å². The Morgan fingerprint density at radius 3 is 1.45 bits per heavy atom. The number of rotatable bonds is 13. The summed E-state index contributed by atoms with van der Waals surface area (Å²) < 4.78 is 57.2. The molecular formula is C39H47NO9S2. The second-order valence-corrected chi connectivity index (χ2v) is 18.4. The molecule has 0 aromatic heterocycles. The van der Waals surface area contributed by atoms with Crippen LogP contribution >= 0.6 is 10.3 Å². The molecule has 0 fully saturated rings. The van der Waals surface area contributed by atoms with Crippen LogP contribution in [-0.4, -0.2) is 58.9 Å². The normalized spacial score (nSPS) is 12.5. The molecule has 4 aromatic carbocycles. The highest BCUT2D eigenvalue weighted by Crippen LogP contribution is 2.70. The highest BCUT2D eigenvalue weighted by Gasteiger charge is 2.39. The van der Waals surface area contributed by atoms with Crippen molar-refractivity contribution in [2.24, 2.45) is 0 Å². The number of carbonyl (C=O) groups excluding carboxylic acids is 2. The summed E-state index contributed by atoms with van der Waals surface area (Å²) in [6, 6.07) is 27.6. The smallest absolute Gasteiger partial charge is 0.344 e. The molecule has 0 aliphatic rings. The molecule has 10 nitrogen and oxygen atoms in total. The summed E-state index contributed by atoms with van der Waals surface area (Å²) in [5, 5.41) is 0. The monoisotopic (exact) mass is 737 g/mol. The Labute approximate surface area is 303 Å². The predicted octanol–water partition coefficient (Wildman–Crippen LogP) is 8.10. The largest absolute Gasteiger partial charge is 0.482 e. The van der Waals surface area contributed by atoms with E-state index in [1.54, 1.807) is 102 Å². The minimum atomic E-state index is -4.37. The molecule has 4 rings (SSSR count). The first-order valence-corrected chi connectivity index (χ1v) is 19.3. The Morgan fingerprint density at radius 1 is 0.608 bits per heavy atom. The molecule has 0 bridgehead atoms. The summed E-state index contributed by atoms with van der Waals surface area (Å²) in [6.07, 6.45) is 0. The van der Waals surface area contributed by atoms with Gasteiger partial charge in [-0.2, -0.15) is 8.42 Å². The highest BCUT2D eigenvalue weighted by molar-refractivity contribution is 8.33. The average molecular weight is 738 g/mol. The minimum absolute atomic E-state index is 0.00312. The van der Waals surface area contributed by atoms with Gasteiger partial charge in [0.25, 0.3) is 0 Å². The SMILES string of the molecule is Cc1ccc(S(=O)(=O)OS(c2ccc(OCC(=O)OC(C)(C)C)cc2)(c2ccc(OCC(=O)OC(C)(C)C)cc2)c2cccc(N(C)C)c2)cc1. The van der Waals surface area contributed by atoms with Crippen LogP contribution in [0.15, 0.2) is 117 Å². The zero-order chi connectivity index (χ0) is 37.6. The van der Waals surface area contributed by atoms with Gasteiger partial charge in [-0.15, -0.1) is 0 Å². The van der Waals surface area contributed by atoms with Gasteiger partial charge < -0.3 is 23.8 Å². The molecule has 0 atom stereocenters. The lowest BCUT2D eigenvalue weighted by molar-refractivity contribution is -0.158. The third-order valence-corrected chi connectivity index (χ3v) is 12.2. The van der Waals surface area contributed by atoms with Crippen LogP contribution in [0.4, 0.5) is 5.69 Å². The lowest BCUT2D eigenvalue weighted by Gasteiger charge is -2.40. The van der Waals surface area contributed by atoms with Crippen molar-refractivity contribution in [3.05, 3.63) is 103 Å². The van der Waals surface area contributed by atoms with Crippen LogP contribution < -0.4 is 14.4 Å². The molecule has 0 amide bonds. The molecule has 274 valence electrons. The van der Waals surface area contributed by atoms with Gasteiger partial charge in [0, 0.05) is 34.5 Å². The van der Waals surface area contributed by atoms with Crippen molar-refractivity contribution in [1.29, 1.82) is 0 Å². The minimum Gasteiger partial charge on any atom is -0.482 e. The fraction of sp³-hybridized carbons (Fsp3) is 0.333. The number of benzene rings is 4. The van der Waals surface area contributed by atoms with E-state index in [9.17, 15) is 18.0 Å². The van der Waals surface area contributed by atoms with Crippen molar-refractivity contribution in [2.45, 2.75) is 79.3 Å². The Hall–Kier alpha value is -4.52. The Bertz CT molecular complexity index is 1830. The van der Waals surface area contributed by atoms with E-state index >= 15 is 0 Å². The number of nitrogens with zero attached hydrogens (tertiary/aromatic N) is 1. The lowest BCUT2D eigenvalue weighted by Crippen LogP contribution is -2.27. The molecular weight excluding hydrogens is 691 g/mol. The van der Waals surface area contributed by atoms with Crippen LogP contribution in [0.2, 0.25) is 0 Å². The predicted molar refractivity (Wildman–Crippen MR) is 198 cm³/mol. The molecule has 0 radical (unpaired) electrons. The van der Waals surface area contributed by atoms with Gasteiger partial charge in [-0.3, -0.25) is 0 Å². The molecule has 0 aliphatic heterocycles. The van der Waals surface area contributed by atoms with Crippen molar-refractivity contribution in [3.63, 3.8) is 0 Å². The van der Waals surface area contributed by atoms with Gasteiger partial charge >= 0.3 is 22.1 Å². The number of carbonyl (C=O) groups is 2. The average Bonchev–Trinajstić information content (AvgIpc) is 3.04. The van der Waals surface area contributed by atoms with Crippen molar-refractivity contribution < 1.29 is 40.6 Å². The molecule has 0 spiro atoms. The zero-order valence-corrected chi connectivity index (χ0v) is 32.2. The maximum atomic E-state index is 14.3. The van der Waals surface area contributed by atoms with Crippen LogP contribution in [0.5, 0.6) is 11.5 Å². The summed E-state index contributed by atoms with van der Waals surface area (Å²) >= 11 is 0. The number of esters is 2. The number of ether oxygens (including phenoxy) is 4. The first-order chi connectivity index (χ1) is 23.8. The van der Waals surface area contributed by atoms with E-state index < -0.39 is 43.6 Å². The Kier molecular flexibility index (Phi) is 12.2. The maximum Gasteiger partial charge on any atom is 0.344 e. The Morgan fingerprint density at radius 2 is 1.04 bits per heavy atom. The van der Waals surface area contributed by atoms with E-state index in [0.717, 1.165) is 11.3 Å². The third-order valence-electron chi connectivity index (χ3n) is 7.03. The van der Waals surface area contributed by atoms with Crippen molar-refractivity contribution in [2.75, 3.05) is 32.2 Å². The van der Waals surface area contributed by atoms with Gasteiger partial charge in [-0.05, 0) is 138 Å². The first kappa shape index (κ1) is 39.3. The second kappa shape index (κ2) is 15.8. The van der Waals surface area contributed by atoms with Gasteiger partial charge in [-0.25, -0.2) is 13.2 Å². The van der Waals surface area contributed by atoms with Gasteiger partial charge in [0.05, 0.1) is 4.90 Å². The number of aryl methyl sites for hydroxylation is 1. The molecule has 51 heavy (non-hydrogen) atoms. The van der Waals surface area contributed by atoms with Crippen LogP contribution in [0.3, 0.4) is 0 Å². The molecule has 0 N–H and O–H groups in total. The van der Waals surface area contributed by atoms with E-state index in [2.05, 4.69) is 0 Å². The number of anilines is 1. The molecule has 0 heterocycles. The molecule has 0 saturated carbocycles. The van der Waals surface area contributed by atoms with Crippen molar-refractivity contribution in [1.82, 2.24) is 0 Å². The van der Waals surface area contributed by atoms with Crippen molar-refractivity contribution in [3.8, 4) is 11.5 Å². The summed E-state index contributed by atoms with van der Waals surface area (Å²) in [7, 11) is -3.64. The summed E-state index contributed by atoms with van der Waals surface area (Å²) in [5.74, 6) is -0.276. The van der Waals surface area contributed by atoms with Gasteiger partial charge in [0.15, 0.2) is 13.2 Å². The van der Waals surface area contributed by atoms with E-state index in [0.29, 0.717) is 26.2 Å². The number of hydrogen-bond donors (Lipinski definition) is 0. The lowest BCUT2D eigenvalue weighted by atomic mass is 10.2. The highest BCUT2D eigenvalue weighted by atomic mass is 32.3. The Balaban J connectivity index is 1.85. The first-order valence-electron chi connectivity index (χ1n) is 16.3. The summed E-state index contributed by atoms with van der Waals surface area (Å²) in [6.45, 7) is 11.9. The fourth-order valence-corrected chi connectivity index (χ4v) is 10.0. The van der Waals surface area contributed by atoms with Crippen LogP contribution in [-0.2, 0) is 32.8 Å². The quantitative estimate of drug-likeness (QED) is 0.125. The van der Waals surface area contributed by atoms with Crippen molar-refractivity contribution >= 4 is 38.1 Å². The van der Waals surface area contributed by atoms with Crippen LogP contribution in [0.25, 0.3) is 0 Å². The summed E-state index contributed by atoms with van der Waals surface area (Å²) in [5.41, 5.74) is 0.404. The van der Waals surface area contributed by atoms with E-state index in [1.165, 1.54) is 12.1 Å². The fourth-order valence-electron chi connectivity index (χ4n) is 4.83. The van der Waals surface area contributed by atoms with E-state index in [4.69, 9.17) is 22.6 Å². The molecule has 0 saturated heterocycles. The van der Waals surface area contributed by atoms with Crippen LogP contribution in [0, 0.1) is 6.92 Å². The van der Waals surface area contributed by atoms with Gasteiger partial charge in [-0.1, -0.05) is 23.8 Å². The second-order valence-electron chi connectivity index (χ2n) is 14.0. The van der Waals surface area contributed by atoms with Gasteiger partial charge in [0.2, 0.25) is 0 Å². The van der Waals surface area contributed by atoms with Crippen LogP contribution in [0.1, 0.15) is 47.1 Å². The third kappa shape index (κ3) is 10.7. The zero-order valence-electron chi connectivity index (χ0n) is 30.6. The van der Waals surface area contributed by atoms with E-state index in [-0.39, 0.29) is 18.1 Å². The molecule has 12 heteroatoms. The number of hydrogen-bond acceptors (Lipinski definition) is 10. The summed E-state index contributed by atoms with van der Waals surface area (Å²) in [4.78, 5) is 28.3.